The van der Waals surface area contributed by atoms with E-state index in [1.807, 2.05) is 24.3 Å². The number of aliphatic hydroxyl groups excluding tert-OH is 1. The molecule has 1 saturated carbocycles. The minimum atomic E-state index is -0.446. The van der Waals surface area contributed by atoms with Crippen molar-refractivity contribution in [2.45, 2.75) is 37.9 Å². The van der Waals surface area contributed by atoms with E-state index in [2.05, 4.69) is 0 Å². The summed E-state index contributed by atoms with van der Waals surface area (Å²) in [7, 11) is 1.39. The summed E-state index contributed by atoms with van der Waals surface area (Å²) in [6.45, 7) is -0.0650. The van der Waals surface area contributed by atoms with E-state index in [9.17, 15) is 9.90 Å². The molecule has 18 heavy (non-hydrogen) atoms. The molecule has 1 aliphatic carbocycles. The fourth-order valence-corrected chi connectivity index (χ4v) is 2.19. The van der Waals surface area contributed by atoms with E-state index in [1.165, 1.54) is 7.11 Å². The summed E-state index contributed by atoms with van der Waals surface area (Å²) < 4.78 is 10.7. The largest absolute Gasteiger partial charge is 0.486 e. The Kier molecular flexibility index (Phi) is 3.87. The lowest BCUT2D eigenvalue weighted by molar-refractivity contribution is -0.148. The average Bonchev–Trinajstić information content (AvgIpc) is 2.36. The Morgan fingerprint density at radius 2 is 2.11 bits per heavy atom. The molecule has 4 heteroatoms. The van der Waals surface area contributed by atoms with E-state index in [-0.39, 0.29) is 19.0 Å². The SMILES string of the molecule is COC(=O)CC1(Oc2ccccc2CO)CCC1. The van der Waals surface area contributed by atoms with Crippen LogP contribution in [0.15, 0.2) is 24.3 Å². The fraction of sp³-hybridized carbons (Fsp3) is 0.500. The number of esters is 1. The van der Waals surface area contributed by atoms with Gasteiger partial charge in [-0.2, -0.15) is 0 Å². The molecule has 98 valence electrons. The molecule has 0 amide bonds. The van der Waals surface area contributed by atoms with E-state index in [0.29, 0.717) is 5.75 Å². The summed E-state index contributed by atoms with van der Waals surface area (Å²) in [5, 5.41) is 9.26. The number of hydrogen-bond acceptors (Lipinski definition) is 4. The monoisotopic (exact) mass is 250 g/mol. The smallest absolute Gasteiger partial charge is 0.309 e. The molecule has 0 radical (unpaired) electrons. The van der Waals surface area contributed by atoms with Crippen LogP contribution in [-0.4, -0.2) is 23.8 Å². The molecule has 0 aromatic heterocycles. The third-order valence-corrected chi connectivity index (χ3v) is 3.43. The Morgan fingerprint density at radius 1 is 1.39 bits per heavy atom. The molecular weight excluding hydrogens is 232 g/mol. The molecule has 4 nitrogen and oxygen atoms in total. The normalized spacial score (nSPS) is 16.8. The van der Waals surface area contributed by atoms with Crippen LogP contribution >= 0.6 is 0 Å². The minimum absolute atomic E-state index is 0.0650. The summed E-state index contributed by atoms with van der Waals surface area (Å²) >= 11 is 0. The molecule has 1 aromatic rings. The Labute approximate surface area is 107 Å². The maximum Gasteiger partial charge on any atom is 0.309 e. The zero-order chi connectivity index (χ0) is 13.0. The summed E-state index contributed by atoms with van der Waals surface area (Å²) in [6, 6.07) is 7.36. The highest BCUT2D eigenvalue weighted by Crippen LogP contribution is 2.40. The van der Waals surface area contributed by atoms with Gasteiger partial charge in [0.05, 0.1) is 20.1 Å². The van der Waals surface area contributed by atoms with Gasteiger partial charge in [0.1, 0.15) is 11.4 Å². The lowest BCUT2D eigenvalue weighted by Gasteiger charge is -2.41. The summed E-state index contributed by atoms with van der Waals surface area (Å²) in [4.78, 5) is 11.4. The first-order valence-electron chi connectivity index (χ1n) is 6.14. The summed E-state index contributed by atoms with van der Waals surface area (Å²) in [5.41, 5.74) is 0.298. The van der Waals surface area contributed by atoms with Crippen LogP contribution in [0, 0.1) is 0 Å². The van der Waals surface area contributed by atoms with Crippen LogP contribution in [0.2, 0.25) is 0 Å². The van der Waals surface area contributed by atoms with Gasteiger partial charge in [0, 0.05) is 5.56 Å². The topological polar surface area (TPSA) is 55.8 Å². The van der Waals surface area contributed by atoms with Crippen LogP contribution in [0.5, 0.6) is 5.75 Å². The molecule has 1 fully saturated rings. The van der Waals surface area contributed by atoms with E-state index in [1.54, 1.807) is 0 Å². The molecular formula is C14H18O4. The van der Waals surface area contributed by atoms with Crippen LogP contribution < -0.4 is 4.74 Å². The number of methoxy groups -OCH3 is 1. The molecule has 1 aromatic carbocycles. The van der Waals surface area contributed by atoms with Crippen LogP contribution in [0.25, 0.3) is 0 Å². The van der Waals surface area contributed by atoms with E-state index in [4.69, 9.17) is 9.47 Å². The number of ether oxygens (including phenoxy) is 2. The van der Waals surface area contributed by atoms with Crippen molar-refractivity contribution in [1.29, 1.82) is 0 Å². The van der Waals surface area contributed by atoms with Crippen molar-refractivity contribution in [3.8, 4) is 5.75 Å². The minimum Gasteiger partial charge on any atom is -0.486 e. The van der Waals surface area contributed by atoms with Gasteiger partial charge in [0.2, 0.25) is 0 Å². The van der Waals surface area contributed by atoms with Crippen molar-refractivity contribution < 1.29 is 19.4 Å². The van der Waals surface area contributed by atoms with Gasteiger partial charge in [-0.05, 0) is 25.3 Å². The molecule has 0 atom stereocenters. The Bertz CT molecular complexity index is 424. The fourth-order valence-electron chi connectivity index (χ4n) is 2.19. The Balaban J connectivity index is 2.12. The third-order valence-electron chi connectivity index (χ3n) is 3.43. The summed E-state index contributed by atoms with van der Waals surface area (Å²) in [6.07, 6.45) is 3.02. The Morgan fingerprint density at radius 3 is 2.67 bits per heavy atom. The number of rotatable bonds is 5. The van der Waals surface area contributed by atoms with Crippen molar-refractivity contribution in [2.75, 3.05) is 7.11 Å². The molecule has 0 saturated heterocycles. The average molecular weight is 250 g/mol. The van der Waals surface area contributed by atoms with E-state index >= 15 is 0 Å². The number of carbonyl (C=O) groups excluding carboxylic acids is 1. The Hall–Kier alpha value is -1.55. The van der Waals surface area contributed by atoms with E-state index in [0.717, 1.165) is 24.8 Å². The highest BCUT2D eigenvalue weighted by molar-refractivity contribution is 5.70. The second kappa shape index (κ2) is 5.40. The molecule has 0 unspecified atom stereocenters. The quantitative estimate of drug-likeness (QED) is 0.812. The lowest BCUT2D eigenvalue weighted by Crippen LogP contribution is -2.45. The standard InChI is InChI=1S/C14H18O4/c1-17-13(16)9-14(7-4-8-14)18-12-6-3-2-5-11(12)10-15/h2-3,5-6,15H,4,7-10H2,1H3. The number of aliphatic hydroxyl groups is 1. The van der Waals surface area contributed by atoms with Crippen molar-refractivity contribution in [1.82, 2.24) is 0 Å². The first kappa shape index (κ1) is 12.9. The predicted octanol–water partition coefficient (Wildman–Crippen LogP) is 2.04. The van der Waals surface area contributed by atoms with Gasteiger partial charge in [-0.1, -0.05) is 18.2 Å². The maximum absolute atomic E-state index is 11.4. The van der Waals surface area contributed by atoms with Crippen LogP contribution in [0.4, 0.5) is 0 Å². The van der Waals surface area contributed by atoms with Crippen LogP contribution in [-0.2, 0) is 16.1 Å². The van der Waals surface area contributed by atoms with Gasteiger partial charge in [-0.15, -0.1) is 0 Å². The second-order valence-electron chi connectivity index (χ2n) is 4.66. The molecule has 0 heterocycles. The number of para-hydroxylation sites is 1. The van der Waals surface area contributed by atoms with Gasteiger partial charge >= 0.3 is 5.97 Å². The lowest BCUT2D eigenvalue weighted by atomic mass is 9.77. The number of benzene rings is 1. The third kappa shape index (κ3) is 2.64. The van der Waals surface area contributed by atoms with Gasteiger partial charge in [0.25, 0.3) is 0 Å². The van der Waals surface area contributed by atoms with Crippen molar-refractivity contribution in [2.24, 2.45) is 0 Å². The van der Waals surface area contributed by atoms with Gasteiger partial charge in [0.15, 0.2) is 0 Å². The van der Waals surface area contributed by atoms with Crippen LogP contribution in [0.3, 0.4) is 0 Å². The van der Waals surface area contributed by atoms with Crippen LogP contribution in [0.1, 0.15) is 31.2 Å². The van der Waals surface area contributed by atoms with E-state index < -0.39 is 5.60 Å². The van der Waals surface area contributed by atoms with Gasteiger partial charge in [-0.3, -0.25) is 4.79 Å². The highest BCUT2D eigenvalue weighted by Gasteiger charge is 2.42. The van der Waals surface area contributed by atoms with Crippen molar-refractivity contribution in [3.63, 3.8) is 0 Å². The zero-order valence-corrected chi connectivity index (χ0v) is 10.5. The first-order valence-corrected chi connectivity index (χ1v) is 6.14. The molecule has 0 spiro atoms. The zero-order valence-electron chi connectivity index (χ0n) is 10.5. The molecule has 0 aliphatic heterocycles. The number of hydrogen-bond donors (Lipinski definition) is 1. The predicted molar refractivity (Wildman–Crippen MR) is 66.2 cm³/mol. The van der Waals surface area contributed by atoms with Gasteiger partial charge in [-0.25, -0.2) is 0 Å². The molecule has 2 rings (SSSR count). The molecule has 0 bridgehead atoms. The first-order chi connectivity index (χ1) is 8.69. The molecule has 1 aliphatic rings. The maximum atomic E-state index is 11.4. The summed E-state index contributed by atoms with van der Waals surface area (Å²) in [5.74, 6) is 0.403. The molecule has 1 N–H and O–H groups in total. The second-order valence-corrected chi connectivity index (χ2v) is 4.66. The highest BCUT2D eigenvalue weighted by atomic mass is 16.5. The van der Waals surface area contributed by atoms with Crippen molar-refractivity contribution in [3.05, 3.63) is 29.8 Å². The van der Waals surface area contributed by atoms with Gasteiger partial charge < -0.3 is 14.6 Å². The van der Waals surface area contributed by atoms with Crippen molar-refractivity contribution >= 4 is 5.97 Å². The number of carbonyl (C=O) groups is 1.